The first-order chi connectivity index (χ1) is 8.52. The zero-order chi connectivity index (χ0) is 13.5. The van der Waals surface area contributed by atoms with E-state index in [1.54, 1.807) is 26.0 Å². The zero-order valence-electron chi connectivity index (χ0n) is 10.5. The second kappa shape index (κ2) is 6.64. The molecule has 98 valence electrons. The number of benzene rings is 1. The van der Waals surface area contributed by atoms with Gasteiger partial charge in [-0.25, -0.2) is 0 Å². The normalized spacial score (nSPS) is 9.89. The van der Waals surface area contributed by atoms with Crippen LogP contribution in [-0.2, 0) is 14.3 Å². The van der Waals surface area contributed by atoms with E-state index in [0.717, 1.165) is 5.56 Å². The number of anilines is 1. The van der Waals surface area contributed by atoms with E-state index in [0.29, 0.717) is 12.3 Å². The number of ether oxygens (including phenoxy) is 1. The van der Waals surface area contributed by atoms with E-state index in [2.05, 4.69) is 5.32 Å². The molecular formula is C13H17NO4. The average Bonchev–Trinajstić information content (AvgIpc) is 2.31. The summed E-state index contributed by atoms with van der Waals surface area (Å²) in [6, 6.07) is 4.67. The molecule has 0 aliphatic carbocycles. The number of rotatable bonds is 5. The van der Waals surface area contributed by atoms with Crippen molar-refractivity contribution in [2.45, 2.75) is 26.7 Å². The molecule has 0 unspecified atom stereocenters. The average molecular weight is 251 g/mol. The first-order valence-corrected chi connectivity index (χ1v) is 5.78. The molecule has 0 aromatic heterocycles. The highest BCUT2D eigenvalue weighted by Gasteiger charge is 2.09. The van der Waals surface area contributed by atoms with Gasteiger partial charge in [-0.05, 0) is 37.6 Å². The number of aryl methyl sites for hydroxylation is 1. The molecule has 1 aromatic rings. The molecule has 0 atom stereocenters. The van der Waals surface area contributed by atoms with Gasteiger partial charge in [0, 0.05) is 12.1 Å². The maximum Gasteiger partial charge on any atom is 0.306 e. The molecule has 5 nitrogen and oxygen atoms in total. The fraction of sp³-hybridized carbons (Fsp3) is 0.385. The Morgan fingerprint density at radius 2 is 2.06 bits per heavy atom. The van der Waals surface area contributed by atoms with Crippen molar-refractivity contribution in [2.24, 2.45) is 0 Å². The number of carbonyl (C=O) groups is 2. The molecule has 0 bridgehead atoms. The standard InChI is InChI=1S/C13H17NO4/c1-3-18-13(17)7-6-12(16)14-11-5-4-10(15)8-9(11)2/h4-5,8,15H,3,6-7H2,1-2H3,(H,14,16). The lowest BCUT2D eigenvalue weighted by molar-refractivity contribution is -0.144. The summed E-state index contributed by atoms with van der Waals surface area (Å²) < 4.78 is 4.73. The zero-order valence-corrected chi connectivity index (χ0v) is 10.5. The minimum Gasteiger partial charge on any atom is -0.508 e. The highest BCUT2D eigenvalue weighted by molar-refractivity contribution is 5.93. The summed E-state index contributed by atoms with van der Waals surface area (Å²) in [6.45, 7) is 3.82. The second-order valence-corrected chi connectivity index (χ2v) is 3.85. The minimum absolute atomic E-state index is 0.0663. The number of carbonyl (C=O) groups excluding carboxylic acids is 2. The minimum atomic E-state index is -0.380. The van der Waals surface area contributed by atoms with Gasteiger partial charge in [0.1, 0.15) is 5.75 Å². The van der Waals surface area contributed by atoms with Crippen LogP contribution >= 0.6 is 0 Å². The van der Waals surface area contributed by atoms with E-state index in [1.807, 2.05) is 0 Å². The fourth-order valence-electron chi connectivity index (χ4n) is 1.45. The number of amides is 1. The molecule has 0 heterocycles. The molecule has 0 saturated heterocycles. The molecule has 1 rings (SSSR count). The SMILES string of the molecule is CCOC(=O)CCC(=O)Nc1ccc(O)cc1C. The van der Waals surface area contributed by atoms with Crippen LogP contribution in [0, 0.1) is 6.92 Å². The molecule has 2 N–H and O–H groups in total. The van der Waals surface area contributed by atoms with Crippen LogP contribution in [0.3, 0.4) is 0 Å². The van der Waals surface area contributed by atoms with E-state index in [-0.39, 0.29) is 30.5 Å². The van der Waals surface area contributed by atoms with E-state index in [4.69, 9.17) is 4.74 Å². The predicted octanol–water partition coefficient (Wildman–Crippen LogP) is 1.98. The molecular weight excluding hydrogens is 234 g/mol. The lowest BCUT2D eigenvalue weighted by Gasteiger charge is -2.08. The Morgan fingerprint density at radius 3 is 2.67 bits per heavy atom. The first kappa shape index (κ1) is 14.0. The summed E-state index contributed by atoms with van der Waals surface area (Å²) in [5.41, 5.74) is 1.39. The molecule has 1 amide bonds. The monoisotopic (exact) mass is 251 g/mol. The summed E-state index contributed by atoms with van der Waals surface area (Å²) in [6.07, 6.45) is 0.149. The van der Waals surface area contributed by atoms with Crippen molar-refractivity contribution in [3.8, 4) is 5.75 Å². The molecule has 0 aliphatic heterocycles. The Hall–Kier alpha value is -2.04. The molecule has 0 saturated carbocycles. The van der Waals surface area contributed by atoms with Gasteiger partial charge < -0.3 is 15.2 Å². The highest BCUT2D eigenvalue weighted by Crippen LogP contribution is 2.20. The highest BCUT2D eigenvalue weighted by atomic mass is 16.5. The van der Waals surface area contributed by atoms with Gasteiger partial charge in [-0.15, -0.1) is 0 Å². The summed E-state index contributed by atoms with van der Waals surface area (Å²) in [5, 5.41) is 11.9. The van der Waals surface area contributed by atoms with Gasteiger partial charge in [0.05, 0.1) is 13.0 Å². The van der Waals surface area contributed by atoms with Crippen molar-refractivity contribution in [3.05, 3.63) is 23.8 Å². The lowest BCUT2D eigenvalue weighted by Crippen LogP contribution is -2.15. The van der Waals surface area contributed by atoms with Gasteiger partial charge in [-0.1, -0.05) is 0 Å². The largest absolute Gasteiger partial charge is 0.508 e. The maximum absolute atomic E-state index is 11.6. The van der Waals surface area contributed by atoms with Crippen molar-refractivity contribution in [1.29, 1.82) is 0 Å². The van der Waals surface area contributed by atoms with Crippen LogP contribution in [-0.4, -0.2) is 23.6 Å². The van der Waals surface area contributed by atoms with Gasteiger partial charge in [-0.2, -0.15) is 0 Å². The maximum atomic E-state index is 11.6. The fourth-order valence-corrected chi connectivity index (χ4v) is 1.45. The van der Waals surface area contributed by atoms with Crippen molar-refractivity contribution >= 4 is 17.6 Å². The smallest absolute Gasteiger partial charge is 0.306 e. The third-order valence-corrected chi connectivity index (χ3v) is 2.35. The molecule has 1 aromatic carbocycles. The van der Waals surface area contributed by atoms with Crippen LogP contribution in [0.2, 0.25) is 0 Å². The van der Waals surface area contributed by atoms with Crippen molar-refractivity contribution in [2.75, 3.05) is 11.9 Å². The molecule has 18 heavy (non-hydrogen) atoms. The van der Waals surface area contributed by atoms with E-state index in [9.17, 15) is 14.7 Å². The predicted molar refractivity (Wildman–Crippen MR) is 67.3 cm³/mol. The van der Waals surface area contributed by atoms with E-state index < -0.39 is 0 Å². The third kappa shape index (κ3) is 4.45. The van der Waals surface area contributed by atoms with Gasteiger partial charge in [0.2, 0.25) is 5.91 Å². The topological polar surface area (TPSA) is 75.6 Å². The quantitative estimate of drug-likeness (QED) is 0.619. The van der Waals surface area contributed by atoms with Crippen molar-refractivity contribution in [3.63, 3.8) is 0 Å². The molecule has 0 aliphatic rings. The number of aromatic hydroxyl groups is 1. The van der Waals surface area contributed by atoms with Crippen LogP contribution in [0.25, 0.3) is 0 Å². The number of nitrogens with one attached hydrogen (secondary N) is 1. The Balaban J connectivity index is 2.47. The van der Waals surface area contributed by atoms with Crippen LogP contribution in [0.4, 0.5) is 5.69 Å². The molecule has 5 heteroatoms. The van der Waals surface area contributed by atoms with Crippen LogP contribution in [0.5, 0.6) is 5.75 Å². The Morgan fingerprint density at radius 1 is 1.33 bits per heavy atom. The first-order valence-electron chi connectivity index (χ1n) is 5.78. The lowest BCUT2D eigenvalue weighted by atomic mass is 10.2. The Labute approximate surface area is 106 Å². The van der Waals surface area contributed by atoms with E-state index >= 15 is 0 Å². The summed E-state index contributed by atoms with van der Waals surface area (Å²) in [7, 11) is 0. The Kier molecular flexibility index (Phi) is 5.17. The van der Waals surface area contributed by atoms with Crippen LogP contribution in [0.15, 0.2) is 18.2 Å². The van der Waals surface area contributed by atoms with Gasteiger partial charge in [0.25, 0.3) is 0 Å². The summed E-state index contributed by atoms with van der Waals surface area (Å²) >= 11 is 0. The molecule has 0 fully saturated rings. The second-order valence-electron chi connectivity index (χ2n) is 3.85. The van der Waals surface area contributed by atoms with Gasteiger partial charge in [0.15, 0.2) is 0 Å². The van der Waals surface area contributed by atoms with Gasteiger partial charge >= 0.3 is 5.97 Å². The van der Waals surface area contributed by atoms with E-state index in [1.165, 1.54) is 6.07 Å². The van der Waals surface area contributed by atoms with Crippen molar-refractivity contribution < 1.29 is 19.4 Å². The number of hydrogen-bond donors (Lipinski definition) is 2. The molecule has 0 spiro atoms. The van der Waals surface area contributed by atoms with Crippen LogP contribution in [0.1, 0.15) is 25.3 Å². The molecule has 0 radical (unpaired) electrons. The van der Waals surface area contributed by atoms with Crippen LogP contribution < -0.4 is 5.32 Å². The summed E-state index contributed by atoms with van der Waals surface area (Å²) in [5.74, 6) is -0.482. The third-order valence-electron chi connectivity index (χ3n) is 2.35. The Bertz CT molecular complexity index is 443. The number of hydrogen-bond acceptors (Lipinski definition) is 4. The van der Waals surface area contributed by atoms with Crippen molar-refractivity contribution in [1.82, 2.24) is 0 Å². The number of esters is 1. The number of phenolic OH excluding ortho intramolecular Hbond substituents is 1. The van der Waals surface area contributed by atoms with Gasteiger partial charge in [-0.3, -0.25) is 9.59 Å². The summed E-state index contributed by atoms with van der Waals surface area (Å²) in [4.78, 5) is 22.7. The number of phenols is 1.